The van der Waals surface area contributed by atoms with Crippen molar-refractivity contribution in [1.29, 1.82) is 0 Å². The first kappa shape index (κ1) is 16.6. The molecule has 2 heterocycles. The third-order valence-electron chi connectivity index (χ3n) is 3.83. The Bertz CT molecular complexity index is 442. The fraction of sp³-hybridized carbons (Fsp3) is 0.917. The average molecular weight is 321 g/mol. The molecule has 8 nitrogen and oxygen atoms in total. The maximum Gasteiger partial charge on any atom is 0.308 e. The summed E-state index contributed by atoms with van der Waals surface area (Å²) in [4.78, 5) is 11.4. The van der Waals surface area contributed by atoms with Crippen LogP contribution >= 0.6 is 0 Å². The molecule has 0 spiro atoms. The van der Waals surface area contributed by atoms with E-state index in [1.165, 1.54) is 11.4 Å². The van der Waals surface area contributed by atoms with Gasteiger partial charge in [0.25, 0.3) is 10.2 Å². The van der Waals surface area contributed by atoms with Crippen LogP contribution in [-0.4, -0.2) is 71.2 Å². The highest BCUT2D eigenvalue weighted by Gasteiger charge is 2.31. The smallest absolute Gasteiger partial charge is 0.308 e. The summed E-state index contributed by atoms with van der Waals surface area (Å²) >= 11 is 0. The number of hydrogen-bond donors (Lipinski definition) is 2. The first-order chi connectivity index (χ1) is 10.0. The molecule has 0 amide bonds. The maximum absolute atomic E-state index is 12.2. The van der Waals surface area contributed by atoms with E-state index >= 15 is 0 Å². The van der Waals surface area contributed by atoms with Crippen LogP contribution in [0.15, 0.2) is 0 Å². The lowest BCUT2D eigenvalue weighted by atomic mass is 9.99. The van der Waals surface area contributed by atoms with E-state index < -0.39 is 10.2 Å². The van der Waals surface area contributed by atoms with Crippen LogP contribution < -0.4 is 10.0 Å². The highest BCUT2D eigenvalue weighted by Crippen LogP contribution is 2.20. The zero-order chi connectivity index (χ0) is 15.3. The average Bonchev–Trinajstić information content (AvgIpc) is 2.53. The van der Waals surface area contributed by atoms with Crippen molar-refractivity contribution < 1.29 is 22.7 Å². The molecule has 122 valence electrons. The number of hydrogen-bond acceptors (Lipinski definition) is 6. The highest BCUT2D eigenvalue weighted by molar-refractivity contribution is 7.87. The number of morpholine rings is 1. The third-order valence-corrected chi connectivity index (χ3v) is 5.40. The standard InChI is InChI=1S/C12H23N3O5S/c1-19-12(16)10-2-5-15(6-3-10)21(17,18)14-9-11-8-13-4-7-20-11/h10-11,13-14H,2-9H2,1H3. The van der Waals surface area contributed by atoms with Gasteiger partial charge in [-0.15, -0.1) is 0 Å². The van der Waals surface area contributed by atoms with E-state index in [9.17, 15) is 13.2 Å². The van der Waals surface area contributed by atoms with Crippen LogP contribution in [0.2, 0.25) is 0 Å². The van der Waals surface area contributed by atoms with Gasteiger partial charge in [0, 0.05) is 32.7 Å². The van der Waals surface area contributed by atoms with E-state index in [0.717, 1.165) is 6.54 Å². The number of nitrogens with one attached hydrogen (secondary N) is 2. The molecule has 0 aromatic heterocycles. The Morgan fingerprint density at radius 2 is 2.14 bits per heavy atom. The van der Waals surface area contributed by atoms with Crippen LogP contribution in [0, 0.1) is 5.92 Å². The van der Waals surface area contributed by atoms with Crippen molar-refractivity contribution in [1.82, 2.24) is 14.3 Å². The summed E-state index contributed by atoms with van der Waals surface area (Å²) < 4.78 is 38.5. The predicted molar refractivity (Wildman–Crippen MR) is 75.8 cm³/mol. The molecule has 2 N–H and O–H groups in total. The predicted octanol–water partition coefficient (Wildman–Crippen LogP) is -1.31. The van der Waals surface area contributed by atoms with Gasteiger partial charge in [0.2, 0.25) is 0 Å². The van der Waals surface area contributed by atoms with Crippen LogP contribution in [0.4, 0.5) is 0 Å². The lowest BCUT2D eigenvalue weighted by Crippen LogP contribution is -2.50. The molecule has 0 aromatic rings. The molecule has 2 saturated heterocycles. The summed E-state index contributed by atoms with van der Waals surface area (Å²) in [6, 6.07) is 0. The number of esters is 1. The van der Waals surface area contributed by atoms with Crippen LogP contribution in [0.5, 0.6) is 0 Å². The minimum atomic E-state index is -3.52. The Hall–Kier alpha value is -0.740. The first-order valence-corrected chi connectivity index (χ1v) is 8.62. The third kappa shape index (κ3) is 4.62. The minimum absolute atomic E-state index is 0.138. The quantitative estimate of drug-likeness (QED) is 0.611. The fourth-order valence-electron chi connectivity index (χ4n) is 2.54. The lowest BCUT2D eigenvalue weighted by molar-refractivity contribution is -0.146. The van der Waals surface area contributed by atoms with Gasteiger partial charge >= 0.3 is 5.97 Å². The molecule has 0 radical (unpaired) electrons. The van der Waals surface area contributed by atoms with Crippen LogP contribution in [0.25, 0.3) is 0 Å². The highest BCUT2D eigenvalue weighted by atomic mass is 32.2. The largest absolute Gasteiger partial charge is 0.469 e. The van der Waals surface area contributed by atoms with Crippen molar-refractivity contribution in [3.8, 4) is 0 Å². The van der Waals surface area contributed by atoms with Crippen molar-refractivity contribution in [3.63, 3.8) is 0 Å². The molecule has 2 aliphatic rings. The number of methoxy groups -OCH3 is 1. The second-order valence-electron chi connectivity index (χ2n) is 5.25. The summed E-state index contributed by atoms with van der Waals surface area (Å²) in [7, 11) is -2.16. The molecule has 2 rings (SSSR count). The summed E-state index contributed by atoms with van der Waals surface area (Å²) in [6.07, 6.45) is 0.852. The van der Waals surface area contributed by atoms with Gasteiger partial charge in [-0.1, -0.05) is 0 Å². The van der Waals surface area contributed by atoms with Crippen molar-refractivity contribution in [2.45, 2.75) is 18.9 Å². The number of rotatable bonds is 5. The molecule has 0 aromatic carbocycles. The van der Waals surface area contributed by atoms with E-state index in [1.54, 1.807) is 0 Å². The fourth-order valence-corrected chi connectivity index (χ4v) is 3.81. The van der Waals surface area contributed by atoms with E-state index in [0.29, 0.717) is 39.1 Å². The molecular weight excluding hydrogens is 298 g/mol. The van der Waals surface area contributed by atoms with Crippen molar-refractivity contribution >= 4 is 16.2 Å². The monoisotopic (exact) mass is 321 g/mol. The van der Waals surface area contributed by atoms with Crippen molar-refractivity contribution in [3.05, 3.63) is 0 Å². The van der Waals surface area contributed by atoms with Gasteiger partial charge in [-0.25, -0.2) is 0 Å². The van der Waals surface area contributed by atoms with Crippen molar-refractivity contribution in [2.24, 2.45) is 5.92 Å². The zero-order valence-electron chi connectivity index (χ0n) is 12.2. The lowest BCUT2D eigenvalue weighted by Gasteiger charge is -2.31. The van der Waals surface area contributed by atoms with Gasteiger partial charge in [-0.05, 0) is 12.8 Å². The van der Waals surface area contributed by atoms with E-state index in [1.807, 2.05) is 0 Å². The Morgan fingerprint density at radius 3 is 2.71 bits per heavy atom. The number of carbonyl (C=O) groups excluding carboxylic acids is 1. The van der Waals surface area contributed by atoms with Gasteiger partial charge < -0.3 is 14.8 Å². The Balaban J connectivity index is 1.79. The summed E-state index contributed by atoms with van der Waals surface area (Å²) in [5, 5.41) is 3.15. The number of nitrogens with zero attached hydrogens (tertiary/aromatic N) is 1. The topological polar surface area (TPSA) is 97.0 Å². The van der Waals surface area contributed by atoms with E-state index in [-0.39, 0.29) is 24.5 Å². The van der Waals surface area contributed by atoms with Gasteiger partial charge in [-0.3, -0.25) is 4.79 Å². The minimum Gasteiger partial charge on any atom is -0.469 e. The molecule has 0 saturated carbocycles. The second kappa shape index (κ2) is 7.50. The van der Waals surface area contributed by atoms with E-state index in [4.69, 9.17) is 9.47 Å². The molecule has 0 aliphatic carbocycles. The molecule has 2 fully saturated rings. The van der Waals surface area contributed by atoms with Gasteiger partial charge in [0.15, 0.2) is 0 Å². The van der Waals surface area contributed by atoms with Crippen LogP contribution in [-0.2, 0) is 24.5 Å². The molecule has 0 bridgehead atoms. The summed E-state index contributed by atoms with van der Waals surface area (Å²) in [5.41, 5.74) is 0. The van der Waals surface area contributed by atoms with Crippen LogP contribution in [0.1, 0.15) is 12.8 Å². The second-order valence-corrected chi connectivity index (χ2v) is 7.00. The molecule has 9 heteroatoms. The maximum atomic E-state index is 12.2. The molecule has 1 unspecified atom stereocenters. The normalized spacial score (nSPS) is 25.7. The van der Waals surface area contributed by atoms with Gasteiger partial charge in [0.1, 0.15) is 0 Å². The first-order valence-electron chi connectivity index (χ1n) is 7.18. The number of ether oxygens (including phenoxy) is 2. The van der Waals surface area contributed by atoms with E-state index in [2.05, 4.69) is 10.0 Å². The summed E-state index contributed by atoms with van der Waals surface area (Å²) in [6.45, 7) is 2.96. The molecule has 2 aliphatic heterocycles. The SMILES string of the molecule is COC(=O)C1CCN(S(=O)(=O)NCC2CNCCO2)CC1. The van der Waals surface area contributed by atoms with Crippen LogP contribution in [0.3, 0.4) is 0 Å². The number of piperidine rings is 1. The zero-order valence-corrected chi connectivity index (χ0v) is 13.0. The van der Waals surface area contributed by atoms with Gasteiger partial charge in [-0.2, -0.15) is 17.4 Å². The Kier molecular flexibility index (Phi) is 5.94. The Morgan fingerprint density at radius 1 is 1.43 bits per heavy atom. The molecule has 1 atom stereocenters. The Labute approximate surface area is 125 Å². The number of carbonyl (C=O) groups is 1. The molecule has 21 heavy (non-hydrogen) atoms. The van der Waals surface area contributed by atoms with Gasteiger partial charge in [0.05, 0.1) is 25.7 Å². The molecular formula is C12H23N3O5S. The van der Waals surface area contributed by atoms with Crippen molar-refractivity contribution in [2.75, 3.05) is 46.4 Å². The summed E-state index contributed by atoms with van der Waals surface area (Å²) in [5.74, 6) is -0.464.